The Kier molecular flexibility index (Phi) is 5.56. The van der Waals surface area contributed by atoms with Crippen LogP contribution in [0.5, 0.6) is 0 Å². The number of hydrogen-bond acceptors (Lipinski definition) is 4. The van der Waals surface area contributed by atoms with E-state index in [0.717, 1.165) is 11.6 Å². The number of fused-ring (bicyclic) bond motifs is 1. The monoisotopic (exact) mass is 384 g/mol. The molecule has 0 saturated carbocycles. The zero-order valence-corrected chi connectivity index (χ0v) is 15.6. The molecule has 0 radical (unpaired) electrons. The Labute approximate surface area is 158 Å². The van der Waals surface area contributed by atoms with Gasteiger partial charge < -0.3 is 10.6 Å². The number of urea groups is 1. The lowest BCUT2D eigenvalue weighted by Crippen LogP contribution is -2.39. The van der Waals surface area contributed by atoms with Gasteiger partial charge in [0.15, 0.2) is 0 Å². The number of sulfonamides is 1. The molecule has 2 amide bonds. The van der Waals surface area contributed by atoms with E-state index < -0.39 is 16.1 Å². The Morgan fingerprint density at radius 2 is 1.78 bits per heavy atom. The highest BCUT2D eigenvalue weighted by atomic mass is 32.2. The van der Waals surface area contributed by atoms with Gasteiger partial charge in [-0.25, -0.2) is 13.2 Å². The highest BCUT2D eigenvalue weighted by Crippen LogP contribution is 2.26. The fourth-order valence-corrected chi connectivity index (χ4v) is 3.65. The molecule has 0 aliphatic carbocycles. The van der Waals surface area contributed by atoms with Crippen molar-refractivity contribution in [3.63, 3.8) is 0 Å². The van der Waals surface area contributed by atoms with Gasteiger partial charge in [0.2, 0.25) is 10.0 Å². The van der Waals surface area contributed by atoms with Crippen molar-refractivity contribution in [1.29, 1.82) is 0 Å². The molecule has 0 atom stereocenters. The number of para-hydroxylation sites is 2. The first-order valence-electron chi connectivity index (χ1n) is 8.36. The van der Waals surface area contributed by atoms with Crippen LogP contribution >= 0.6 is 0 Å². The molecule has 27 heavy (non-hydrogen) atoms. The molecule has 140 valence electrons. The molecule has 0 unspecified atom stereocenters. The zero-order chi connectivity index (χ0) is 19.3. The highest BCUT2D eigenvalue weighted by molar-refractivity contribution is 7.92. The summed E-state index contributed by atoms with van der Waals surface area (Å²) >= 11 is 0. The molecule has 8 heteroatoms. The first-order valence-corrected chi connectivity index (χ1v) is 10.2. The van der Waals surface area contributed by atoms with Crippen LogP contribution in [0.1, 0.15) is 0 Å². The second kappa shape index (κ2) is 8.05. The molecule has 1 heterocycles. The van der Waals surface area contributed by atoms with Crippen molar-refractivity contribution in [2.45, 2.75) is 0 Å². The van der Waals surface area contributed by atoms with Crippen LogP contribution in [-0.2, 0) is 10.0 Å². The lowest BCUT2D eigenvalue weighted by atomic mass is 10.2. The molecular formula is C19H20N4O3S. The topological polar surface area (TPSA) is 91.4 Å². The number of anilines is 2. The van der Waals surface area contributed by atoms with E-state index in [9.17, 15) is 13.2 Å². The van der Waals surface area contributed by atoms with Crippen molar-refractivity contribution in [2.75, 3.05) is 29.0 Å². The molecular weight excluding hydrogens is 364 g/mol. The third-order valence-electron chi connectivity index (χ3n) is 3.91. The van der Waals surface area contributed by atoms with Crippen LogP contribution in [0.15, 0.2) is 66.9 Å². The van der Waals surface area contributed by atoms with Gasteiger partial charge in [-0.2, -0.15) is 0 Å². The Bertz CT molecular complexity index is 1030. The van der Waals surface area contributed by atoms with Crippen LogP contribution in [0.2, 0.25) is 0 Å². The maximum absolute atomic E-state index is 12.3. The molecule has 3 aromatic rings. The van der Waals surface area contributed by atoms with Crippen molar-refractivity contribution in [3.8, 4) is 0 Å². The van der Waals surface area contributed by atoms with E-state index >= 15 is 0 Å². The summed E-state index contributed by atoms with van der Waals surface area (Å²) in [4.78, 5) is 16.3. The van der Waals surface area contributed by atoms with E-state index in [1.54, 1.807) is 36.5 Å². The van der Waals surface area contributed by atoms with Crippen LogP contribution in [0, 0.1) is 0 Å². The second-order valence-electron chi connectivity index (χ2n) is 5.93. The minimum absolute atomic E-state index is 0.0940. The van der Waals surface area contributed by atoms with E-state index in [1.165, 1.54) is 4.31 Å². The Morgan fingerprint density at radius 1 is 1.04 bits per heavy atom. The van der Waals surface area contributed by atoms with E-state index in [4.69, 9.17) is 0 Å². The Hall–Kier alpha value is -3.13. The Balaban J connectivity index is 1.72. The number of amides is 2. The van der Waals surface area contributed by atoms with Crippen molar-refractivity contribution in [2.24, 2.45) is 0 Å². The first kappa shape index (κ1) is 18.7. The van der Waals surface area contributed by atoms with Gasteiger partial charge in [-0.05, 0) is 24.3 Å². The predicted octanol–water partition coefficient (Wildman–Crippen LogP) is 2.82. The number of rotatable bonds is 6. The summed E-state index contributed by atoms with van der Waals surface area (Å²) in [5.74, 6) is 0. The van der Waals surface area contributed by atoms with Gasteiger partial charge in [0.05, 0.1) is 24.0 Å². The third-order valence-corrected chi connectivity index (χ3v) is 5.09. The largest absolute Gasteiger partial charge is 0.336 e. The quantitative estimate of drug-likeness (QED) is 0.684. The molecule has 0 aliphatic heterocycles. The number of nitrogens with zero attached hydrogens (tertiary/aromatic N) is 2. The molecule has 0 bridgehead atoms. The molecule has 0 spiro atoms. The summed E-state index contributed by atoms with van der Waals surface area (Å²) in [6, 6.07) is 17.7. The maximum Gasteiger partial charge on any atom is 0.319 e. The Morgan fingerprint density at radius 3 is 2.52 bits per heavy atom. The van der Waals surface area contributed by atoms with Crippen LogP contribution in [0.3, 0.4) is 0 Å². The number of hydrogen-bond donors (Lipinski definition) is 2. The summed E-state index contributed by atoms with van der Waals surface area (Å²) in [5, 5.41) is 6.21. The van der Waals surface area contributed by atoms with Crippen LogP contribution in [0.25, 0.3) is 10.9 Å². The van der Waals surface area contributed by atoms with Crippen molar-refractivity contribution in [1.82, 2.24) is 10.3 Å². The minimum Gasteiger partial charge on any atom is -0.336 e. The second-order valence-corrected chi connectivity index (χ2v) is 7.84. The van der Waals surface area contributed by atoms with Crippen molar-refractivity contribution < 1.29 is 13.2 Å². The standard InChI is InChI=1S/C19H20N4O3S/c1-27(25,26)23(17-11-5-7-15-8-6-12-20-18(15)17)14-13-21-19(24)22-16-9-3-2-4-10-16/h2-12H,13-14H2,1H3,(H2,21,22,24). The minimum atomic E-state index is -3.54. The fraction of sp³-hybridized carbons (Fsp3) is 0.158. The summed E-state index contributed by atoms with van der Waals surface area (Å²) in [6.07, 6.45) is 2.76. The number of pyridine rings is 1. The normalized spacial score (nSPS) is 11.1. The third kappa shape index (κ3) is 4.73. The summed E-state index contributed by atoms with van der Waals surface area (Å²) in [7, 11) is -3.54. The molecule has 1 aromatic heterocycles. The van der Waals surface area contributed by atoms with Crippen LogP contribution in [0.4, 0.5) is 16.2 Å². The maximum atomic E-state index is 12.3. The van der Waals surface area contributed by atoms with Crippen molar-refractivity contribution >= 4 is 38.3 Å². The number of nitrogens with one attached hydrogen (secondary N) is 2. The zero-order valence-electron chi connectivity index (χ0n) is 14.8. The average molecular weight is 384 g/mol. The lowest BCUT2D eigenvalue weighted by molar-refractivity contribution is 0.252. The van der Waals surface area contributed by atoms with Crippen LogP contribution < -0.4 is 14.9 Å². The molecule has 7 nitrogen and oxygen atoms in total. The van der Waals surface area contributed by atoms with Crippen molar-refractivity contribution in [3.05, 3.63) is 66.9 Å². The summed E-state index contributed by atoms with van der Waals surface area (Å²) in [5.41, 5.74) is 1.74. The predicted molar refractivity (Wildman–Crippen MR) is 107 cm³/mol. The summed E-state index contributed by atoms with van der Waals surface area (Å²) < 4.78 is 25.9. The number of carbonyl (C=O) groups is 1. The number of aromatic nitrogens is 1. The smallest absolute Gasteiger partial charge is 0.319 e. The number of benzene rings is 2. The molecule has 0 fully saturated rings. The molecule has 0 saturated heterocycles. The molecule has 2 N–H and O–H groups in total. The van der Waals surface area contributed by atoms with E-state index in [2.05, 4.69) is 15.6 Å². The van der Waals surface area contributed by atoms with Gasteiger partial charge in [-0.3, -0.25) is 9.29 Å². The molecule has 2 aromatic carbocycles. The van der Waals surface area contributed by atoms with Gasteiger partial charge >= 0.3 is 6.03 Å². The van der Waals surface area contributed by atoms with Gasteiger partial charge in [0, 0.05) is 23.8 Å². The van der Waals surface area contributed by atoms with E-state index in [-0.39, 0.29) is 13.1 Å². The molecule has 0 aliphatic rings. The summed E-state index contributed by atoms with van der Waals surface area (Å²) in [6.45, 7) is 0.242. The molecule has 3 rings (SSSR count). The van der Waals surface area contributed by atoms with Gasteiger partial charge in [0.1, 0.15) is 0 Å². The van der Waals surface area contributed by atoms with Gasteiger partial charge in [-0.1, -0.05) is 36.4 Å². The fourth-order valence-electron chi connectivity index (χ4n) is 2.72. The van der Waals surface area contributed by atoms with E-state index in [1.807, 2.05) is 30.3 Å². The number of carbonyl (C=O) groups excluding carboxylic acids is 1. The van der Waals surface area contributed by atoms with E-state index in [0.29, 0.717) is 16.9 Å². The van der Waals surface area contributed by atoms with Gasteiger partial charge in [0.25, 0.3) is 0 Å². The average Bonchev–Trinajstić information content (AvgIpc) is 2.65. The highest BCUT2D eigenvalue weighted by Gasteiger charge is 2.20. The van der Waals surface area contributed by atoms with Gasteiger partial charge in [-0.15, -0.1) is 0 Å². The SMILES string of the molecule is CS(=O)(=O)N(CCNC(=O)Nc1ccccc1)c1cccc2cccnc12. The first-order chi connectivity index (χ1) is 12.9. The lowest BCUT2D eigenvalue weighted by Gasteiger charge is -2.23. The van der Waals surface area contributed by atoms with Crippen LogP contribution in [-0.4, -0.2) is 38.8 Å².